The Hall–Kier alpha value is -2.06. The number of carbonyl (C=O) groups is 1. The van der Waals surface area contributed by atoms with Crippen molar-refractivity contribution in [1.29, 1.82) is 0 Å². The zero-order valence-corrected chi connectivity index (χ0v) is 17.1. The lowest BCUT2D eigenvalue weighted by Gasteiger charge is -2.28. The van der Waals surface area contributed by atoms with Gasteiger partial charge in [-0.2, -0.15) is 0 Å². The number of fused-ring (bicyclic) bond motifs is 1. The van der Waals surface area contributed by atoms with Crippen molar-refractivity contribution in [2.75, 3.05) is 29.1 Å². The molecule has 1 saturated heterocycles. The highest BCUT2D eigenvalue weighted by molar-refractivity contribution is 9.10. The van der Waals surface area contributed by atoms with E-state index in [1.807, 2.05) is 18.2 Å². The zero-order valence-electron chi connectivity index (χ0n) is 14.7. The maximum Gasteiger partial charge on any atom is 0.234 e. The molecule has 1 amide bonds. The maximum atomic E-state index is 12.2. The number of carbonyl (C=O) groups excluding carboxylic acids is 1. The summed E-state index contributed by atoms with van der Waals surface area (Å²) in [6.45, 7) is 2.23. The van der Waals surface area contributed by atoms with Crippen molar-refractivity contribution < 1.29 is 4.79 Å². The van der Waals surface area contributed by atoms with Gasteiger partial charge in [-0.05, 0) is 65.5 Å². The second-order valence-electron chi connectivity index (χ2n) is 6.50. The summed E-state index contributed by atoms with van der Waals surface area (Å²) in [6.07, 6.45) is 5.53. The van der Waals surface area contributed by atoms with Gasteiger partial charge in [0.2, 0.25) is 5.91 Å². The minimum absolute atomic E-state index is 0.0553. The third kappa shape index (κ3) is 4.62. The van der Waals surface area contributed by atoms with Gasteiger partial charge in [0.15, 0.2) is 10.8 Å². The number of imidazole rings is 1. The molecule has 0 spiro atoms. The van der Waals surface area contributed by atoms with Crippen molar-refractivity contribution in [2.24, 2.45) is 0 Å². The molecule has 0 radical (unpaired) electrons. The molecule has 2 N–H and O–H groups in total. The molecular weight excluding hydrogens is 426 g/mol. The first-order chi connectivity index (χ1) is 13.2. The molecule has 3 aromatic rings. The molecular formula is C19H20BrN5OS. The van der Waals surface area contributed by atoms with Crippen LogP contribution >= 0.6 is 27.7 Å². The highest BCUT2D eigenvalue weighted by Crippen LogP contribution is 2.23. The average Bonchev–Trinajstić information content (AvgIpc) is 3.10. The molecule has 0 unspecified atom stereocenters. The number of rotatable bonds is 5. The van der Waals surface area contributed by atoms with Crippen LogP contribution in [-0.4, -0.2) is 39.7 Å². The van der Waals surface area contributed by atoms with E-state index in [9.17, 15) is 4.79 Å². The van der Waals surface area contributed by atoms with Gasteiger partial charge in [0.1, 0.15) is 0 Å². The number of nitrogens with zero attached hydrogens (tertiary/aromatic N) is 3. The molecule has 1 aromatic carbocycles. The van der Waals surface area contributed by atoms with Crippen LogP contribution in [0.1, 0.15) is 19.3 Å². The second kappa shape index (κ2) is 8.31. The molecule has 0 saturated carbocycles. The fraction of sp³-hybridized carbons (Fsp3) is 0.316. The summed E-state index contributed by atoms with van der Waals surface area (Å²) >= 11 is 4.75. The minimum Gasteiger partial charge on any atom is -0.372 e. The number of hydrogen-bond acceptors (Lipinski definition) is 5. The van der Waals surface area contributed by atoms with Crippen molar-refractivity contribution >= 4 is 56.1 Å². The van der Waals surface area contributed by atoms with Crippen LogP contribution in [0.5, 0.6) is 0 Å². The lowest BCUT2D eigenvalue weighted by Crippen LogP contribution is -2.29. The van der Waals surface area contributed by atoms with Crippen LogP contribution in [0.15, 0.2) is 46.2 Å². The number of aromatic nitrogens is 3. The number of benzene rings is 1. The van der Waals surface area contributed by atoms with Gasteiger partial charge < -0.3 is 15.2 Å². The highest BCUT2D eigenvalue weighted by Gasteiger charge is 2.12. The molecule has 27 heavy (non-hydrogen) atoms. The van der Waals surface area contributed by atoms with Crippen LogP contribution in [0.2, 0.25) is 0 Å². The first-order valence-electron chi connectivity index (χ1n) is 8.96. The fourth-order valence-electron chi connectivity index (χ4n) is 3.16. The summed E-state index contributed by atoms with van der Waals surface area (Å²) in [7, 11) is 0. The van der Waals surface area contributed by atoms with Gasteiger partial charge >= 0.3 is 0 Å². The van der Waals surface area contributed by atoms with E-state index in [4.69, 9.17) is 0 Å². The first kappa shape index (κ1) is 18.3. The smallest absolute Gasteiger partial charge is 0.234 e. The molecule has 0 bridgehead atoms. The summed E-state index contributed by atoms with van der Waals surface area (Å²) in [5.41, 5.74) is 3.54. The van der Waals surface area contributed by atoms with Crippen LogP contribution in [0, 0.1) is 0 Å². The summed E-state index contributed by atoms with van der Waals surface area (Å²) < 4.78 is 0.890. The van der Waals surface area contributed by atoms with E-state index in [1.54, 1.807) is 6.20 Å². The zero-order chi connectivity index (χ0) is 18.6. The van der Waals surface area contributed by atoms with E-state index >= 15 is 0 Å². The van der Waals surface area contributed by atoms with Crippen molar-refractivity contribution in [3.63, 3.8) is 0 Å². The summed E-state index contributed by atoms with van der Waals surface area (Å²) in [5.74, 6) is 0.231. The number of halogens is 1. The van der Waals surface area contributed by atoms with Crippen LogP contribution in [-0.2, 0) is 4.79 Å². The largest absolute Gasteiger partial charge is 0.372 e. The van der Waals surface area contributed by atoms with E-state index in [0.29, 0.717) is 10.8 Å². The fourth-order valence-corrected chi connectivity index (χ4v) is 4.16. The second-order valence-corrected chi connectivity index (χ2v) is 8.38. The highest BCUT2D eigenvalue weighted by atomic mass is 79.9. The quantitative estimate of drug-likeness (QED) is 0.567. The molecule has 140 valence electrons. The molecule has 1 aliphatic rings. The number of amides is 1. The van der Waals surface area contributed by atoms with E-state index in [-0.39, 0.29) is 11.7 Å². The number of anilines is 2. The Morgan fingerprint density at radius 1 is 1.22 bits per heavy atom. The van der Waals surface area contributed by atoms with Crippen molar-refractivity contribution in [3.8, 4) is 0 Å². The number of piperidine rings is 1. The molecule has 1 aliphatic heterocycles. The Bertz CT molecular complexity index is 937. The topological polar surface area (TPSA) is 73.9 Å². The Kier molecular flexibility index (Phi) is 5.63. The van der Waals surface area contributed by atoms with Gasteiger partial charge in [-0.1, -0.05) is 11.8 Å². The molecule has 8 heteroatoms. The summed E-state index contributed by atoms with van der Waals surface area (Å²) in [6, 6.07) is 10.0. The molecule has 4 rings (SSSR count). The predicted octanol–water partition coefficient (Wildman–Crippen LogP) is 4.44. The average molecular weight is 446 g/mol. The van der Waals surface area contributed by atoms with Crippen molar-refractivity contribution in [2.45, 2.75) is 24.4 Å². The summed E-state index contributed by atoms with van der Waals surface area (Å²) in [4.78, 5) is 26.4. The number of H-pyrrole nitrogens is 1. The molecule has 2 aromatic heterocycles. The van der Waals surface area contributed by atoms with Crippen LogP contribution in [0.4, 0.5) is 11.4 Å². The normalized spacial score (nSPS) is 14.5. The standard InChI is InChI=1S/C19H20BrN5OS/c20-13-10-16-18(21-11-13)24-19(23-16)27-12-17(26)22-14-4-6-15(7-5-14)25-8-2-1-3-9-25/h4-7,10-11H,1-3,8-9,12H2,(H,22,26)(H,21,23,24). The van der Waals surface area contributed by atoms with Gasteiger partial charge in [-0.15, -0.1) is 0 Å². The minimum atomic E-state index is -0.0553. The summed E-state index contributed by atoms with van der Waals surface area (Å²) in [5, 5.41) is 3.63. The van der Waals surface area contributed by atoms with Gasteiger partial charge in [-0.25, -0.2) is 9.97 Å². The van der Waals surface area contributed by atoms with E-state index in [0.717, 1.165) is 28.8 Å². The van der Waals surface area contributed by atoms with E-state index in [1.165, 1.54) is 36.7 Å². The monoisotopic (exact) mass is 445 g/mol. The molecule has 1 fully saturated rings. The van der Waals surface area contributed by atoms with Gasteiger partial charge in [0, 0.05) is 35.1 Å². The Labute approximate surface area is 170 Å². The number of hydrogen-bond donors (Lipinski definition) is 2. The first-order valence-corrected chi connectivity index (χ1v) is 10.7. The number of aromatic amines is 1. The Morgan fingerprint density at radius 3 is 2.78 bits per heavy atom. The lowest BCUT2D eigenvalue weighted by molar-refractivity contribution is -0.113. The molecule has 0 atom stereocenters. The van der Waals surface area contributed by atoms with E-state index < -0.39 is 0 Å². The number of nitrogens with one attached hydrogen (secondary N) is 2. The van der Waals surface area contributed by atoms with Gasteiger partial charge in [0.05, 0.1) is 11.3 Å². The Morgan fingerprint density at radius 2 is 2.00 bits per heavy atom. The molecule has 3 heterocycles. The van der Waals surface area contributed by atoms with Crippen LogP contribution < -0.4 is 10.2 Å². The third-order valence-electron chi connectivity index (χ3n) is 4.49. The molecule has 6 nitrogen and oxygen atoms in total. The van der Waals surface area contributed by atoms with Crippen molar-refractivity contribution in [1.82, 2.24) is 15.0 Å². The maximum absolute atomic E-state index is 12.2. The van der Waals surface area contributed by atoms with Crippen LogP contribution in [0.25, 0.3) is 11.2 Å². The molecule has 0 aliphatic carbocycles. The third-order valence-corrected chi connectivity index (χ3v) is 5.80. The SMILES string of the molecule is O=C(CSc1nc2ncc(Br)cc2[nH]1)Nc1ccc(N2CCCCC2)cc1. The number of pyridine rings is 1. The van der Waals surface area contributed by atoms with Crippen LogP contribution in [0.3, 0.4) is 0 Å². The van der Waals surface area contributed by atoms with Gasteiger partial charge in [0.25, 0.3) is 0 Å². The number of thioether (sulfide) groups is 1. The predicted molar refractivity (Wildman–Crippen MR) is 113 cm³/mol. The van der Waals surface area contributed by atoms with Gasteiger partial charge in [-0.3, -0.25) is 4.79 Å². The lowest BCUT2D eigenvalue weighted by atomic mass is 10.1. The Balaban J connectivity index is 1.31. The van der Waals surface area contributed by atoms with E-state index in [2.05, 4.69) is 53.2 Å². The van der Waals surface area contributed by atoms with Crippen molar-refractivity contribution in [3.05, 3.63) is 41.0 Å².